The molecule has 3 N–H and O–H groups in total. The molecule has 0 heterocycles. The van der Waals surface area contributed by atoms with Gasteiger partial charge in [-0.3, -0.25) is 0 Å². The molecular formula is C17H21NO2. The highest BCUT2D eigenvalue weighted by Gasteiger charge is 2.56. The van der Waals surface area contributed by atoms with E-state index in [1.807, 2.05) is 6.92 Å². The summed E-state index contributed by atoms with van der Waals surface area (Å²) >= 11 is 0. The molecule has 1 fully saturated rings. The highest BCUT2D eigenvalue weighted by Crippen LogP contribution is 2.49. The number of benzene rings is 2. The fourth-order valence-electron chi connectivity index (χ4n) is 2.92. The molecule has 2 aromatic rings. The molecule has 2 aromatic carbocycles. The Morgan fingerprint density at radius 3 is 2.65 bits per heavy atom. The zero-order chi connectivity index (χ0) is 14.2. The smallest absolute Gasteiger partial charge is 0.122 e. The predicted octanol–water partition coefficient (Wildman–Crippen LogP) is 2.34. The largest absolute Gasteiger partial charge is 0.390 e. The molecule has 0 aromatic heterocycles. The van der Waals surface area contributed by atoms with Crippen LogP contribution in [0.3, 0.4) is 0 Å². The highest BCUT2D eigenvalue weighted by atomic mass is 16.5. The van der Waals surface area contributed by atoms with Crippen molar-refractivity contribution in [1.29, 1.82) is 0 Å². The van der Waals surface area contributed by atoms with Gasteiger partial charge in [0.15, 0.2) is 0 Å². The van der Waals surface area contributed by atoms with Gasteiger partial charge in [-0.25, -0.2) is 0 Å². The predicted molar refractivity (Wildman–Crippen MR) is 80.6 cm³/mol. The molecule has 2 unspecified atom stereocenters. The Hall–Kier alpha value is -1.42. The first-order valence-corrected chi connectivity index (χ1v) is 7.25. The number of aliphatic hydroxyl groups is 1. The van der Waals surface area contributed by atoms with Gasteiger partial charge in [-0.2, -0.15) is 0 Å². The quantitative estimate of drug-likeness (QED) is 0.877. The first-order valence-electron chi connectivity index (χ1n) is 7.25. The SMILES string of the molecule is CCOC1(c2ccc3ccc(CCN)cc3c2)CC1O. The molecule has 0 amide bonds. The Kier molecular flexibility index (Phi) is 3.50. The standard InChI is InChI=1S/C17H21NO2/c1-2-20-17(11-16(17)19)15-6-5-13-4-3-12(7-8-18)9-14(13)10-15/h3-6,9-10,16,19H,2,7-8,11,18H2,1H3. The van der Waals surface area contributed by atoms with E-state index < -0.39 is 5.60 Å². The highest BCUT2D eigenvalue weighted by molar-refractivity contribution is 5.84. The Morgan fingerprint density at radius 1 is 1.25 bits per heavy atom. The van der Waals surface area contributed by atoms with Crippen LogP contribution in [0.1, 0.15) is 24.5 Å². The molecule has 3 heteroatoms. The van der Waals surface area contributed by atoms with Crippen molar-refractivity contribution in [3.63, 3.8) is 0 Å². The second-order valence-electron chi connectivity index (χ2n) is 5.48. The molecule has 20 heavy (non-hydrogen) atoms. The van der Waals surface area contributed by atoms with Gasteiger partial charge in [0.2, 0.25) is 0 Å². The normalized spacial score (nSPS) is 25.1. The van der Waals surface area contributed by atoms with Crippen LogP contribution in [0.15, 0.2) is 36.4 Å². The number of aliphatic hydroxyl groups excluding tert-OH is 1. The van der Waals surface area contributed by atoms with Gasteiger partial charge in [0, 0.05) is 13.0 Å². The van der Waals surface area contributed by atoms with Gasteiger partial charge in [-0.05, 0) is 47.9 Å². The van der Waals surface area contributed by atoms with Crippen LogP contribution in [0.5, 0.6) is 0 Å². The zero-order valence-corrected chi connectivity index (χ0v) is 11.8. The van der Waals surface area contributed by atoms with Crippen LogP contribution in [0.2, 0.25) is 0 Å². The van der Waals surface area contributed by atoms with Crippen LogP contribution < -0.4 is 5.73 Å². The maximum absolute atomic E-state index is 9.93. The van der Waals surface area contributed by atoms with Crippen molar-refractivity contribution >= 4 is 10.8 Å². The summed E-state index contributed by atoms with van der Waals surface area (Å²) in [6.07, 6.45) is 1.20. The molecule has 3 nitrogen and oxygen atoms in total. The lowest BCUT2D eigenvalue weighted by Crippen LogP contribution is -2.17. The zero-order valence-electron chi connectivity index (χ0n) is 11.8. The number of ether oxygens (including phenoxy) is 1. The Labute approximate surface area is 119 Å². The van der Waals surface area contributed by atoms with Crippen molar-refractivity contribution in [2.45, 2.75) is 31.5 Å². The van der Waals surface area contributed by atoms with Crippen molar-refractivity contribution in [3.8, 4) is 0 Å². The first kappa shape index (κ1) is 13.6. The van der Waals surface area contributed by atoms with Gasteiger partial charge in [0.25, 0.3) is 0 Å². The maximum Gasteiger partial charge on any atom is 0.122 e. The lowest BCUT2D eigenvalue weighted by molar-refractivity contribution is 0.00394. The summed E-state index contributed by atoms with van der Waals surface area (Å²) in [5.74, 6) is 0. The van der Waals surface area contributed by atoms with Crippen LogP contribution >= 0.6 is 0 Å². The molecule has 1 aliphatic carbocycles. The van der Waals surface area contributed by atoms with Gasteiger partial charge in [0.1, 0.15) is 5.60 Å². The van der Waals surface area contributed by atoms with Crippen LogP contribution in [0.4, 0.5) is 0 Å². The monoisotopic (exact) mass is 271 g/mol. The van der Waals surface area contributed by atoms with Crippen molar-refractivity contribution in [2.24, 2.45) is 5.73 Å². The fraction of sp³-hybridized carbons (Fsp3) is 0.412. The van der Waals surface area contributed by atoms with E-state index in [0.29, 0.717) is 19.6 Å². The molecule has 106 valence electrons. The van der Waals surface area contributed by atoms with E-state index in [0.717, 1.165) is 12.0 Å². The van der Waals surface area contributed by atoms with Gasteiger partial charge in [0.05, 0.1) is 6.10 Å². The molecule has 3 rings (SSSR count). The van der Waals surface area contributed by atoms with Crippen LogP contribution in [-0.4, -0.2) is 24.4 Å². The van der Waals surface area contributed by atoms with Crippen LogP contribution in [-0.2, 0) is 16.8 Å². The first-order chi connectivity index (χ1) is 9.69. The summed E-state index contributed by atoms with van der Waals surface area (Å²) in [5.41, 5.74) is 7.46. The summed E-state index contributed by atoms with van der Waals surface area (Å²) in [6.45, 7) is 3.24. The number of fused-ring (bicyclic) bond motifs is 1. The van der Waals surface area contributed by atoms with E-state index >= 15 is 0 Å². The van der Waals surface area contributed by atoms with Gasteiger partial charge in [-0.1, -0.05) is 30.3 Å². The molecule has 0 saturated heterocycles. The second-order valence-corrected chi connectivity index (χ2v) is 5.48. The lowest BCUT2D eigenvalue weighted by atomic mass is 9.99. The molecule has 2 atom stereocenters. The molecule has 0 spiro atoms. The third kappa shape index (κ3) is 2.22. The fourth-order valence-corrected chi connectivity index (χ4v) is 2.92. The topological polar surface area (TPSA) is 55.5 Å². The van der Waals surface area contributed by atoms with Gasteiger partial charge < -0.3 is 15.6 Å². The van der Waals surface area contributed by atoms with E-state index in [4.69, 9.17) is 10.5 Å². The summed E-state index contributed by atoms with van der Waals surface area (Å²) in [6, 6.07) is 12.7. The van der Waals surface area contributed by atoms with E-state index in [9.17, 15) is 5.11 Å². The summed E-state index contributed by atoms with van der Waals surface area (Å²) < 4.78 is 5.80. The van der Waals surface area contributed by atoms with E-state index in [-0.39, 0.29) is 6.10 Å². The summed E-state index contributed by atoms with van der Waals surface area (Å²) in [5, 5.41) is 12.3. The Morgan fingerprint density at radius 2 is 2.00 bits per heavy atom. The summed E-state index contributed by atoms with van der Waals surface area (Å²) in [7, 11) is 0. The van der Waals surface area contributed by atoms with Crippen LogP contribution in [0, 0.1) is 0 Å². The number of rotatable bonds is 5. The van der Waals surface area contributed by atoms with E-state index in [1.54, 1.807) is 0 Å². The van der Waals surface area contributed by atoms with Crippen molar-refractivity contribution in [3.05, 3.63) is 47.5 Å². The molecule has 0 bridgehead atoms. The minimum absolute atomic E-state index is 0.382. The maximum atomic E-state index is 9.93. The second kappa shape index (κ2) is 5.17. The minimum atomic E-state index is -0.479. The average Bonchev–Trinajstić information content (AvgIpc) is 3.10. The third-order valence-electron chi connectivity index (χ3n) is 4.10. The summed E-state index contributed by atoms with van der Waals surface area (Å²) in [4.78, 5) is 0. The molecule has 0 aliphatic heterocycles. The molecule has 0 radical (unpaired) electrons. The number of nitrogens with two attached hydrogens (primary N) is 1. The van der Waals surface area contributed by atoms with E-state index in [2.05, 4.69) is 36.4 Å². The third-order valence-corrected chi connectivity index (χ3v) is 4.10. The number of hydrogen-bond donors (Lipinski definition) is 2. The van der Waals surface area contributed by atoms with Gasteiger partial charge >= 0.3 is 0 Å². The van der Waals surface area contributed by atoms with Crippen molar-refractivity contribution in [2.75, 3.05) is 13.2 Å². The van der Waals surface area contributed by atoms with Crippen molar-refractivity contribution in [1.82, 2.24) is 0 Å². The average molecular weight is 271 g/mol. The lowest BCUT2D eigenvalue weighted by Gasteiger charge is -2.17. The van der Waals surface area contributed by atoms with Gasteiger partial charge in [-0.15, -0.1) is 0 Å². The molecule has 1 saturated carbocycles. The Bertz CT molecular complexity index is 625. The van der Waals surface area contributed by atoms with Crippen molar-refractivity contribution < 1.29 is 9.84 Å². The van der Waals surface area contributed by atoms with Crippen LogP contribution in [0.25, 0.3) is 10.8 Å². The minimum Gasteiger partial charge on any atom is -0.390 e. The van der Waals surface area contributed by atoms with E-state index in [1.165, 1.54) is 16.3 Å². The Balaban J connectivity index is 2.01. The number of hydrogen-bond acceptors (Lipinski definition) is 3. The molecular weight excluding hydrogens is 250 g/mol. The molecule has 1 aliphatic rings.